The number of nitro benzene ring substituents is 1. The summed E-state index contributed by atoms with van der Waals surface area (Å²) in [6, 6.07) is 4.55. The van der Waals surface area contributed by atoms with Gasteiger partial charge in [-0.1, -0.05) is 22.0 Å². The number of rotatable bonds is 4. The van der Waals surface area contributed by atoms with Crippen LogP contribution in [0.25, 0.3) is 0 Å². The summed E-state index contributed by atoms with van der Waals surface area (Å²) in [5.41, 5.74) is 0.335. The maximum Gasteiger partial charge on any atom is 0.273 e. The van der Waals surface area contributed by atoms with Gasteiger partial charge in [0.1, 0.15) is 0 Å². The Hall–Kier alpha value is -1.47. The minimum atomic E-state index is -0.471. The number of nitro groups is 1. The molecule has 0 atom stereocenters. The average Bonchev–Trinajstić information content (AvgIpc) is 2.48. The number of nitrogens with zero attached hydrogens (tertiary/aromatic N) is 1. The van der Waals surface area contributed by atoms with E-state index >= 15 is 0 Å². The molecule has 1 fully saturated rings. The average molecular weight is 357 g/mol. The second-order valence-electron chi connectivity index (χ2n) is 5.19. The molecule has 1 aromatic rings. The third kappa shape index (κ3) is 3.41. The zero-order valence-corrected chi connectivity index (χ0v) is 13.3. The Balaban J connectivity index is 2.24. The van der Waals surface area contributed by atoms with E-state index in [4.69, 9.17) is 4.74 Å². The molecular formula is C14H17BrN2O4. The molecule has 114 valence electrons. The van der Waals surface area contributed by atoms with Crippen molar-refractivity contribution in [2.75, 3.05) is 18.5 Å². The van der Waals surface area contributed by atoms with Gasteiger partial charge in [-0.25, -0.2) is 0 Å². The van der Waals surface area contributed by atoms with Crippen LogP contribution < -0.4 is 5.32 Å². The molecule has 21 heavy (non-hydrogen) atoms. The highest BCUT2D eigenvalue weighted by Crippen LogP contribution is 2.26. The van der Waals surface area contributed by atoms with Crippen LogP contribution in [-0.4, -0.2) is 34.9 Å². The largest absolute Gasteiger partial charge is 0.381 e. The van der Waals surface area contributed by atoms with Crippen LogP contribution in [0.4, 0.5) is 5.69 Å². The maximum absolute atomic E-state index is 12.5. The Bertz CT molecular complexity index is 556. The molecule has 1 amide bonds. The molecule has 0 saturated carbocycles. The van der Waals surface area contributed by atoms with E-state index in [1.54, 1.807) is 13.0 Å². The lowest BCUT2D eigenvalue weighted by molar-refractivity contribution is -0.385. The molecular weight excluding hydrogens is 340 g/mol. The molecule has 0 aromatic heterocycles. The summed E-state index contributed by atoms with van der Waals surface area (Å²) in [4.78, 5) is 23.0. The number of carbonyl (C=O) groups excluding carboxylic acids is 1. The van der Waals surface area contributed by atoms with Crippen molar-refractivity contribution in [1.82, 2.24) is 5.32 Å². The molecule has 1 aromatic carbocycles. The lowest BCUT2D eigenvalue weighted by Gasteiger charge is -2.36. The molecule has 0 unspecified atom stereocenters. The molecule has 1 aliphatic heterocycles. The van der Waals surface area contributed by atoms with Gasteiger partial charge in [-0.3, -0.25) is 14.9 Å². The number of nitrogens with one attached hydrogen (secondary N) is 1. The summed E-state index contributed by atoms with van der Waals surface area (Å²) < 4.78 is 5.33. The van der Waals surface area contributed by atoms with Gasteiger partial charge in [0.25, 0.3) is 11.6 Å². The lowest BCUT2D eigenvalue weighted by Crippen LogP contribution is -2.53. The van der Waals surface area contributed by atoms with Crippen molar-refractivity contribution in [3.63, 3.8) is 0 Å². The van der Waals surface area contributed by atoms with Crippen LogP contribution in [0.3, 0.4) is 0 Å². The number of benzene rings is 1. The molecule has 7 heteroatoms. The van der Waals surface area contributed by atoms with E-state index in [1.165, 1.54) is 12.1 Å². The summed E-state index contributed by atoms with van der Waals surface area (Å²) in [5, 5.41) is 14.6. The molecule has 1 aliphatic rings. The Morgan fingerprint density at radius 2 is 2.14 bits per heavy atom. The molecule has 1 saturated heterocycles. The highest BCUT2D eigenvalue weighted by Gasteiger charge is 2.34. The molecule has 0 aliphatic carbocycles. The van der Waals surface area contributed by atoms with Crippen molar-refractivity contribution in [1.29, 1.82) is 0 Å². The van der Waals surface area contributed by atoms with E-state index in [0.29, 0.717) is 29.7 Å². The molecule has 0 radical (unpaired) electrons. The highest BCUT2D eigenvalue weighted by molar-refractivity contribution is 9.09. The number of hydrogen-bond acceptors (Lipinski definition) is 4. The van der Waals surface area contributed by atoms with Gasteiger partial charge in [-0.15, -0.1) is 0 Å². The summed E-state index contributed by atoms with van der Waals surface area (Å²) in [6.45, 7) is 2.79. The fourth-order valence-electron chi connectivity index (χ4n) is 2.43. The Morgan fingerprint density at radius 1 is 1.48 bits per heavy atom. The van der Waals surface area contributed by atoms with E-state index in [9.17, 15) is 14.9 Å². The summed E-state index contributed by atoms with van der Waals surface area (Å²) in [5.74, 6) is -0.280. The van der Waals surface area contributed by atoms with Crippen molar-refractivity contribution in [3.8, 4) is 0 Å². The van der Waals surface area contributed by atoms with Crippen LogP contribution in [0.5, 0.6) is 0 Å². The van der Waals surface area contributed by atoms with Gasteiger partial charge in [-0.2, -0.15) is 0 Å². The number of ether oxygens (including phenoxy) is 1. The molecule has 1 heterocycles. The first-order valence-electron chi connectivity index (χ1n) is 6.69. The van der Waals surface area contributed by atoms with Crippen LogP contribution in [-0.2, 0) is 4.74 Å². The SMILES string of the molecule is Cc1c(C(=O)NC2(CBr)CCOCC2)cccc1[N+](=O)[O-]. The molecule has 6 nitrogen and oxygen atoms in total. The summed E-state index contributed by atoms with van der Waals surface area (Å²) >= 11 is 3.45. The number of halogens is 1. The van der Waals surface area contributed by atoms with Crippen molar-refractivity contribution in [2.24, 2.45) is 0 Å². The highest BCUT2D eigenvalue weighted by atomic mass is 79.9. The normalized spacial score (nSPS) is 17.2. The monoisotopic (exact) mass is 356 g/mol. The molecule has 0 spiro atoms. The van der Waals surface area contributed by atoms with Crippen molar-refractivity contribution < 1.29 is 14.5 Å². The first kappa shape index (κ1) is 15.9. The number of alkyl halides is 1. The second-order valence-corrected chi connectivity index (χ2v) is 5.75. The van der Waals surface area contributed by atoms with Crippen LogP contribution in [0.2, 0.25) is 0 Å². The van der Waals surface area contributed by atoms with Crippen LogP contribution >= 0.6 is 15.9 Å². The smallest absolute Gasteiger partial charge is 0.273 e. The van der Waals surface area contributed by atoms with E-state index in [2.05, 4.69) is 21.2 Å². The van der Waals surface area contributed by atoms with Gasteiger partial charge >= 0.3 is 0 Å². The summed E-state index contributed by atoms with van der Waals surface area (Å²) in [6.07, 6.45) is 1.44. The minimum Gasteiger partial charge on any atom is -0.381 e. The Kier molecular flexibility index (Phi) is 4.95. The van der Waals surface area contributed by atoms with Crippen molar-refractivity contribution in [3.05, 3.63) is 39.4 Å². The first-order chi connectivity index (χ1) is 9.99. The molecule has 2 rings (SSSR count). The quantitative estimate of drug-likeness (QED) is 0.510. The zero-order valence-electron chi connectivity index (χ0n) is 11.7. The van der Waals surface area contributed by atoms with E-state index in [0.717, 1.165) is 12.8 Å². The van der Waals surface area contributed by atoms with Crippen LogP contribution in [0.15, 0.2) is 18.2 Å². The molecule has 0 bridgehead atoms. The van der Waals surface area contributed by atoms with Crippen molar-refractivity contribution >= 4 is 27.5 Å². The maximum atomic E-state index is 12.5. The zero-order chi connectivity index (χ0) is 15.5. The third-order valence-electron chi connectivity index (χ3n) is 3.83. The Labute approximate surface area is 131 Å². The van der Waals surface area contributed by atoms with Crippen LogP contribution in [0.1, 0.15) is 28.8 Å². The second kappa shape index (κ2) is 6.53. The predicted molar refractivity (Wildman–Crippen MR) is 81.9 cm³/mol. The van der Waals surface area contributed by atoms with E-state index < -0.39 is 4.92 Å². The molecule has 1 N–H and O–H groups in total. The predicted octanol–water partition coefficient (Wildman–Crippen LogP) is 2.58. The topological polar surface area (TPSA) is 81.5 Å². The lowest BCUT2D eigenvalue weighted by atomic mass is 9.91. The van der Waals surface area contributed by atoms with E-state index in [-0.39, 0.29) is 17.1 Å². The third-order valence-corrected chi connectivity index (χ3v) is 4.90. The van der Waals surface area contributed by atoms with Crippen LogP contribution in [0, 0.1) is 17.0 Å². The fourth-order valence-corrected chi connectivity index (χ4v) is 3.13. The van der Waals surface area contributed by atoms with Gasteiger partial charge in [0.2, 0.25) is 0 Å². The Morgan fingerprint density at radius 3 is 2.71 bits per heavy atom. The van der Waals surface area contributed by atoms with E-state index in [1.807, 2.05) is 0 Å². The van der Waals surface area contributed by atoms with Gasteiger partial charge in [0.05, 0.1) is 10.5 Å². The standard InChI is InChI=1S/C14H17BrN2O4/c1-10-11(3-2-4-12(10)17(19)20)13(18)16-14(9-15)5-7-21-8-6-14/h2-4H,5-9H2,1H3,(H,16,18). The van der Waals surface area contributed by atoms with Gasteiger partial charge in [-0.05, 0) is 25.8 Å². The van der Waals surface area contributed by atoms with Gasteiger partial charge in [0.15, 0.2) is 0 Å². The number of hydrogen-bond donors (Lipinski definition) is 1. The fraction of sp³-hybridized carbons (Fsp3) is 0.500. The number of carbonyl (C=O) groups is 1. The number of amides is 1. The summed E-state index contributed by atoms with van der Waals surface area (Å²) in [7, 11) is 0. The minimum absolute atomic E-state index is 0.0393. The van der Waals surface area contributed by atoms with Gasteiger partial charge < -0.3 is 10.1 Å². The van der Waals surface area contributed by atoms with Gasteiger partial charge in [0, 0.05) is 35.7 Å². The first-order valence-corrected chi connectivity index (χ1v) is 7.81. The van der Waals surface area contributed by atoms with Crippen molar-refractivity contribution in [2.45, 2.75) is 25.3 Å².